The van der Waals surface area contributed by atoms with Crippen molar-refractivity contribution in [3.05, 3.63) is 82.4 Å². The summed E-state index contributed by atoms with van der Waals surface area (Å²) in [6.07, 6.45) is -0.613. The fourth-order valence-corrected chi connectivity index (χ4v) is 6.47. The molecule has 9 nitrogen and oxygen atoms in total. The van der Waals surface area contributed by atoms with Crippen LogP contribution in [-0.2, 0) is 37.1 Å². The molecule has 0 bridgehead atoms. The Labute approximate surface area is 266 Å². The second kappa shape index (κ2) is 13.4. The number of aromatic nitrogens is 3. The molecular weight excluding hydrogens is 597 g/mol. The number of alkyl halides is 3. The Morgan fingerprint density at radius 2 is 1.85 bits per heavy atom. The van der Waals surface area contributed by atoms with E-state index in [0.717, 1.165) is 61.9 Å². The average Bonchev–Trinajstić information content (AvgIpc) is 3.49. The highest BCUT2D eigenvalue weighted by atomic mass is 19.4. The Balaban J connectivity index is 1.18. The van der Waals surface area contributed by atoms with E-state index in [2.05, 4.69) is 26.7 Å². The van der Waals surface area contributed by atoms with Crippen LogP contribution in [0.5, 0.6) is 11.5 Å². The van der Waals surface area contributed by atoms with E-state index in [1.54, 1.807) is 35.5 Å². The van der Waals surface area contributed by atoms with Crippen LogP contribution in [-0.4, -0.2) is 79.9 Å². The Morgan fingerprint density at radius 1 is 1.07 bits per heavy atom. The van der Waals surface area contributed by atoms with Crippen LogP contribution in [0.3, 0.4) is 0 Å². The van der Waals surface area contributed by atoms with Crippen LogP contribution in [0, 0.1) is 0 Å². The van der Waals surface area contributed by atoms with Gasteiger partial charge in [0, 0.05) is 63.6 Å². The van der Waals surface area contributed by atoms with E-state index in [4.69, 9.17) is 9.72 Å². The monoisotopic (exact) mass is 636 g/mol. The van der Waals surface area contributed by atoms with Crippen molar-refractivity contribution >= 4 is 16.9 Å². The highest BCUT2D eigenvalue weighted by molar-refractivity contribution is 5.83. The van der Waals surface area contributed by atoms with Gasteiger partial charge in [-0.3, -0.25) is 14.7 Å². The molecule has 0 unspecified atom stereocenters. The van der Waals surface area contributed by atoms with Gasteiger partial charge in [0.25, 0.3) is 0 Å². The van der Waals surface area contributed by atoms with Crippen LogP contribution < -0.4 is 4.74 Å². The molecule has 2 aliphatic heterocycles. The van der Waals surface area contributed by atoms with Crippen LogP contribution in [0.1, 0.15) is 59.8 Å². The molecule has 2 aliphatic rings. The van der Waals surface area contributed by atoms with Crippen molar-refractivity contribution in [1.82, 2.24) is 29.7 Å². The number of H-pyrrole nitrogens is 1. The molecule has 0 aliphatic carbocycles. The van der Waals surface area contributed by atoms with Crippen molar-refractivity contribution < 1.29 is 27.8 Å². The normalized spacial score (nSPS) is 17.8. The molecule has 4 aromatic rings. The van der Waals surface area contributed by atoms with Crippen molar-refractivity contribution in [2.24, 2.45) is 0 Å². The molecule has 5 heterocycles. The van der Waals surface area contributed by atoms with Crippen molar-refractivity contribution in [1.29, 1.82) is 0 Å². The number of aromatic amines is 1. The summed E-state index contributed by atoms with van der Waals surface area (Å²) in [5.74, 6) is 0.799. The summed E-state index contributed by atoms with van der Waals surface area (Å²) in [6.45, 7) is 9.01. The number of halogens is 3. The van der Waals surface area contributed by atoms with Gasteiger partial charge in [-0.05, 0) is 53.9 Å². The number of pyridine rings is 2. The minimum Gasteiger partial charge on any atom is -0.455 e. The Morgan fingerprint density at radius 3 is 2.57 bits per heavy atom. The number of nitrogens with zero attached hydrogens (tertiary/aromatic N) is 5. The number of hydrogen-bond acceptors (Lipinski definition) is 7. The number of benzene rings is 1. The van der Waals surface area contributed by atoms with Gasteiger partial charge in [0.1, 0.15) is 17.1 Å². The Kier molecular flexibility index (Phi) is 9.30. The first kappa shape index (κ1) is 32.0. The first-order valence-corrected chi connectivity index (χ1v) is 15.8. The third-order valence-corrected chi connectivity index (χ3v) is 9.10. The molecule has 12 heteroatoms. The molecule has 6 rings (SSSR count). The van der Waals surface area contributed by atoms with Gasteiger partial charge in [0.05, 0.1) is 35.9 Å². The lowest BCUT2D eigenvalue weighted by molar-refractivity contribution is -0.139. The predicted octanol–water partition coefficient (Wildman–Crippen LogP) is 5.48. The maximum Gasteiger partial charge on any atom is 0.416 e. The minimum atomic E-state index is -4.51. The van der Waals surface area contributed by atoms with E-state index in [1.165, 1.54) is 6.07 Å². The summed E-state index contributed by atoms with van der Waals surface area (Å²) in [4.78, 5) is 31.6. The van der Waals surface area contributed by atoms with E-state index in [1.807, 2.05) is 13.0 Å². The zero-order chi connectivity index (χ0) is 32.4. The summed E-state index contributed by atoms with van der Waals surface area (Å²) >= 11 is 0. The number of fused-ring (bicyclic) bond motifs is 2. The predicted molar refractivity (Wildman–Crippen MR) is 167 cm³/mol. The number of aliphatic hydroxyl groups excluding tert-OH is 1. The number of nitrogens with one attached hydrogen (secondary N) is 1. The number of aliphatic hydroxyl groups is 1. The summed E-state index contributed by atoms with van der Waals surface area (Å²) in [7, 11) is 0. The van der Waals surface area contributed by atoms with Crippen LogP contribution in [0.25, 0.3) is 11.0 Å². The number of likely N-dealkylation sites (N-methyl/N-ethyl adjacent to an activating group) is 1. The molecule has 244 valence electrons. The van der Waals surface area contributed by atoms with E-state index in [-0.39, 0.29) is 43.5 Å². The number of carbonyl (C=O) groups is 1. The first-order valence-electron chi connectivity index (χ1n) is 15.8. The molecule has 1 aromatic carbocycles. The second-order valence-corrected chi connectivity index (χ2v) is 12.1. The summed E-state index contributed by atoms with van der Waals surface area (Å²) < 4.78 is 48.8. The lowest BCUT2D eigenvalue weighted by atomic mass is 9.92. The number of hydrogen-bond donors (Lipinski definition) is 2. The molecule has 1 fully saturated rings. The third-order valence-electron chi connectivity index (χ3n) is 9.10. The fraction of sp³-hybridized carbons (Fsp3) is 0.441. The second-order valence-electron chi connectivity index (χ2n) is 12.1. The summed E-state index contributed by atoms with van der Waals surface area (Å²) in [5, 5.41) is 10.2. The fourth-order valence-electron chi connectivity index (χ4n) is 6.47. The van der Waals surface area contributed by atoms with Gasteiger partial charge in [0.2, 0.25) is 5.91 Å². The minimum absolute atomic E-state index is 0.00699. The van der Waals surface area contributed by atoms with E-state index in [0.29, 0.717) is 34.9 Å². The lowest BCUT2D eigenvalue weighted by Crippen LogP contribution is -2.45. The Hall–Kier alpha value is -4.00. The number of ether oxygens (including phenoxy) is 1. The van der Waals surface area contributed by atoms with Gasteiger partial charge in [-0.15, -0.1) is 0 Å². The molecule has 0 spiro atoms. The van der Waals surface area contributed by atoms with Crippen molar-refractivity contribution in [3.63, 3.8) is 0 Å². The van der Waals surface area contributed by atoms with Crippen LogP contribution in [0.15, 0.2) is 48.8 Å². The molecule has 0 radical (unpaired) electrons. The van der Waals surface area contributed by atoms with Gasteiger partial charge in [-0.1, -0.05) is 26.0 Å². The molecular formula is C34H39F3N6O3. The number of carbonyl (C=O) groups excluding carboxylic acids is 1. The van der Waals surface area contributed by atoms with Gasteiger partial charge in [-0.2, -0.15) is 13.2 Å². The van der Waals surface area contributed by atoms with Crippen molar-refractivity contribution in [3.8, 4) is 11.5 Å². The molecule has 3 aromatic heterocycles. The van der Waals surface area contributed by atoms with Gasteiger partial charge >= 0.3 is 6.18 Å². The zero-order valence-corrected chi connectivity index (χ0v) is 26.1. The standard InChI is InChI=1S/C34H39F3N6O3/c1-3-23-19-43(20-25-15-27(17-39-32(23)25)46-30-7-8-38-33-28(30)16-26(21-44)40-33)31(45)14-22-5-6-24(29(13-22)34(35,36)37)18-42-11-9-41(4-2)10-12-42/h5-8,13,15-17,23,44H,3-4,9-12,14,18-21H2,1-2H3,(H,38,40)/t23-/m0/s1. The average molecular weight is 637 g/mol. The maximum absolute atomic E-state index is 14.2. The maximum atomic E-state index is 14.2. The van der Waals surface area contributed by atoms with Gasteiger partial charge in [-0.25, -0.2) is 4.98 Å². The topological polar surface area (TPSA) is 97.8 Å². The SMILES string of the molecule is CC[C@H]1CN(C(=O)Cc2ccc(CN3CCN(CC)CC3)c(C(F)(F)F)c2)Cc2cc(Oc3ccnc4[nH]c(CO)cc34)cnc21. The Bertz CT molecular complexity index is 1700. The molecule has 2 N–H and O–H groups in total. The van der Waals surface area contributed by atoms with Gasteiger partial charge < -0.3 is 24.6 Å². The third kappa shape index (κ3) is 6.89. The highest BCUT2D eigenvalue weighted by Crippen LogP contribution is 2.36. The van der Waals surface area contributed by atoms with Crippen LogP contribution >= 0.6 is 0 Å². The van der Waals surface area contributed by atoms with Crippen LogP contribution in [0.2, 0.25) is 0 Å². The van der Waals surface area contributed by atoms with E-state index in [9.17, 15) is 23.1 Å². The number of piperazine rings is 1. The molecule has 46 heavy (non-hydrogen) atoms. The molecule has 1 atom stereocenters. The molecule has 0 saturated carbocycles. The zero-order valence-electron chi connectivity index (χ0n) is 26.1. The lowest BCUT2D eigenvalue weighted by Gasteiger charge is -2.34. The largest absolute Gasteiger partial charge is 0.455 e. The molecule has 1 saturated heterocycles. The first-order chi connectivity index (χ1) is 22.1. The number of rotatable bonds is 9. The van der Waals surface area contributed by atoms with E-state index < -0.39 is 11.7 Å². The van der Waals surface area contributed by atoms with Gasteiger partial charge in [0.15, 0.2) is 0 Å². The summed E-state index contributed by atoms with van der Waals surface area (Å²) in [6, 6.07) is 9.72. The van der Waals surface area contributed by atoms with Crippen molar-refractivity contribution in [2.45, 2.75) is 58.5 Å². The van der Waals surface area contributed by atoms with Crippen LogP contribution in [0.4, 0.5) is 13.2 Å². The van der Waals surface area contributed by atoms with Crippen molar-refractivity contribution in [2.75, 3.05) is 39.3 Å². The smallest absolute Gasteiger partial charge is 0.416 e. The molecule has 1 amide bonds. The summed E-state index contributed by atoms with van der Waals surface area (Å²) in [5.41, 5.74) is 2.86. The van der Waals surface area contributed by atoms with E-state index >= 15 is 0 Å². The highest BCUT2D eigenvalue weighted by Gasteiger charge is 2.35. The number of amides is 1. The quantitative estimate of drug-likeness (QED) is 0.251.